The van der Waals surface area contributed by atoms with E-state index in [2.05, 4.69) is 24.4 Å². The maximum atomic E-state index is 12.0. The number of hydrogen-bond donors (Lipinski definition) is 2. The van der Waals surface area contributed by atoms with Crippen LogP contribution in [0.5, 0.6) is 5.75 Å². The smallest absolute Gasteiger partial charge is 0.277 e. The van der Waals surface area contributed by atoms with Gasteiger partial charge >= 0.3 is 0 Å². The van der Waals surface area contributed by atoms with Gasteiger partial charge in [-0.3, -0.25) is 4.79 Å². The Balaban J connectivity index is 1.94. The Labute approximate surface area is 148 Å². The fourth-order valence-corrected chi connectivity index (χ4v) is 2.39. The van der Waals surface area contributed by atoms with Crippen molar-refractivity contribution in [1.29, 1.82) is 0 Å². The van der Waals surface area contributed by atoms with Crippen molar-refractivity contribution >= 4 is 17.3 Å². The number of ether oxygens (including phenoxy) is 1. The summed E-state index contributed by atoms with van der Waals surface area (Å²) in [7, 11) is 0. The predicted molar refractivity (Wildman–Crippen MR) is 102 cm³/mol. The summed E-state index contributed by atoms with van der Waals surface area (Å²) < 4.78 is 5.68. The number of rotatable bonds is 7. The molecule has 0 aliphatic carbocycles. The van der Waals surface area contributed by atoms with Crippen LogP contribution in [-0.4, -0.2) is 18.2 Å². The molecule has 2 aromatic rings. The number of hydrogen-bond acceptors (Lipinski definition) is 4. The third-order valence-electron chi connectivity index (χ3n) is 4.07. The third-order valence-corrected chi connectivity index (χ3v) is 4.07. The van der Waals surface area contributed by atoms with Gasteiger partial charge in [-0.1, -0.05) is 44.2 Å². The Morgan fingerprint density at radius 2 is 2.00 bits per heavy atom. The van der Waals surface area contributed by atoms with Crippen molar-refractivity contribution in [2.24, 2.45) is 5.10 Å². The first kappa shape index (κ1) is 18.5. The van der Waals surface area contributed by atoms with Crippen LogP contribution in [0.3, 0.4) is 0 Å². The van der Waals surface area contributed by atoms with E-state index in [1.807, 2.05) is 49.4 Å². The summed E-state index contributed by atoms with van der Waals surface area (Å²) >= 11 is 0. The van der Waals surface area contributed by atoms with Crippen LogP contribution in [0.1, 0.15) is 44.2 Å². The van der Waals surface area contributed by atoms with Crippen molar-refractivity contribution in [2.75, 3.05) is 12.3 Å². The molecule has 0 spiro atoms. The van der Waals surface area contributed by atoms with Crippen LogP contribution >= 0.6 is 0 Å². The number of nitrogens with two attached hydrogens (primary N) is 1. The second-order valence-corrected chi connectivity index (χ2v) is 5.99. The number of nitrogen functional groups attached to an aromatic ring is 1. The number of anilines is 1. The van der Waals surface area contributed by atoms with Crippen LogP contribution in [0.25, 0.3) is 0 Å². The summed E-state index contributed by atoms with van der Waals surface area (Å²) in [6.07, 6.45) is 1.01. The lowest BCUT2D eigenvalue weighted by molar-refractivity contribution is -0.123. The Morgan fingerprint density at radius 3 is 2.72 bits per heavy atom. The summed E-state index contributed by atoms with van der Waals surface area (Å²) in [5.74, 6) is 0.814. The number of carbonyl (C=O) groups is 1. The minimum absolute atomic E-state index is 0.0822. The molecule has 132 valence electrons. The molecule has 0 aliphatic rings. The summed E-state index contributed by atoms with van der Waals surface area (Å²) in [6.45, 7) is 6.00. The summed E-state index contributed by atoms with van der Waals surface area (Å²) in [5.41, 5.74) is 11.6. The molecule has 0 fully saturated rings. The zero-order valence-corrected chi connectivity index (χ0v) is 15.0. The highest BCUT2D eigenvalue weighted by atomic mass is 16.5. The monoisotopic (exact) mass is 339 g/mol. The fraction of sp³-hybridized carbons (Fsp3) is 0.300. The van der Waals surface area contributed by atoms with Gasteiger partial charge in [0.1, 0.15) is 5.75 Å². The van der Waals surface area contributed by atoms with Crippen molar-refractivity contribution < 1.29 is 9.53 Å². The topological polar surface area (TPSA) is 76.7 Å². The molecule has 0 radical (unpaired) electrons. The highest BCUT2D eigenvalue weighted by Gasteiger charge is 2.11. The van der Waals surface area contributed by atoms with Crippen LogP contribution in [-0.2, 0) is 4.79 Å². The molecule has 5 heteroatoms. The third kappa shape index (κ3) is 5.35. The molecular weight excluding hydrogens is 314 g/mol. The molecule has 0 saturated heterocycles. The van der Waals surface area contributed by atoms with Crippen molar-refractivity contribution in [3.8, 4) is 5.75 Å². The molecule has 25 heavy (non-hydrogen) atoms. The molecule has 1 atom stereocenters. The van der Waals surface area contributed by atoms with Gasteiger partial charge in [-0.15, -0.1) is 0 Å². The van der Waals surface area contributed by atoms with Crippen LogP contribution in [0.4, 0.5) is 5.69 Å². The van der Waals surface area contributed by atoms with Gasteiger partial charge in [-0.05, 0) is 48.6 Å². The molecule has 0 saturated carbocycles. The summed E-state index contributed by atoms with van der Waals surface area (Å²) in [4.78, 5) is 12.0. The number of nitrogens with zero attached hydrogens (tertiary/aromatic N) is 1. The lowest BCUT2D eigenvalue weighted by Crippen LogP contribution is -2.26. The normalized spacial score (nSPS) is 12.5. The van der Waals surface area contributed by atoms with E-state index in [1.165, 1.54) is 0 Å². The van der Waals surface area contributed by atoms with E-state index >= 15 is 0 Å². The molecule has 0 aliphatic heterocycles. The molecule has 2 rings (SSSR count). The van der Waals surface area contributed by atoms with Gasteiger partial charge in [-0.25, -0.2) is 5.43 Å². The van der Waals surface area contributed by atoms with Crippen LogP contribution < -0.4 is 15.9 Å². The van der Waals surface area contributed by atoms with Gasteiger partial charge < -0.3 is 10.5 Å². The number of benzene rings is 2. The average molecular weight is 339 g/mol. The lowest BCUT2D eigenvalue weighted by Gasteiger charge is -2.15. The highest BCUT2D eigenvalue weighted by Crippen LogP contribution is 2.28. The molecule has 0 bridgehead atoms. The van der Waals surface area contributed by atoms with Crippen molar-refractivity contribution in [3.05, 3.63) is 59.7 Å². The van der Waals surface area contributed by atoms with Crippen molar-refractivity contribution in [1.82, 2.24) is 5.43 Å². The first-order valence-corrected chi connectivity index (χ1v) is 8.42. The van der Waals surface area contributed by atoms with Crippen LogP contribution in [0, 0.1) is 0 Å². The minimum atomic E-state index is -0.304. The molecule has 0 aromatic heterocycles. The number of nitrogens with one attached hydrogen (secondary N) is 1. The molecule has 0 heterocycles. The second-order valence-electron chi connectivity index (χ2n) is 5.99. The maximum Gasteiger partial charge on any atom is 0.277 e. The Bertz CT molecular complexity index is 756. The van der Waals surface area contributed by atoms with Crippen LogP contribution in [0.2, 0.25) is 0 Å². The van der Waals surface area contributed by atoms with E-state index in [4.69, 9.17) is 10.5 Å². The van der Waals surface area contributed by atoms with Gasteiger partial charge in [-0.2, -0.15) is 5.10 Å². The number of para-hydroxylation sites is 1. The molecular formula is C20H25N3O2. The molecule has 2 aromatic carbocycles. The Hall–Kier alpha value is -2.82. The second kappa shape index (κ2) is 8.87. The zero-order chi connectivity index (χ0) is 18.2. The lowest BCUT2D eigenvalue weighted by atomic mass is 9.98. The average Bonchev–Trinajstić information content (AvgIpc) is 2.64. The molecule has 3 N–H and O–H groups in total. The largest absolute Gasteiger partial charge is 0.483 e. The van der Waals surface area contributed by atoms with E-state index in [0.29, 0.717) is 17.3 Å². The van der Waals surface area contributed by atoms with Gasteiger partial charge in [0.05, 0.1) is 5.71 Å². The highest BCUT2D eigenvalue weighted by molar-refractivity contribution is 5.99. The fourth-order valence-electron chi connectivity index (χ4n) is 2.39. The molecule has 1 unspecified atom stereocenters. The predicted octanol–water partition coefficient (Wildman–Crippen LogP) is 3.70. The number of amides is 1. The van der Waals surface area contributed by atoms with E-state index in [-0.39, 0.29) is 12.5 Å². The molecule has 1 amide bonds. The quantitative estimate of drug-likeness (QED) is 0.459. The van der Waals surface area contributed by atoms with Gasteiger partial charge in [0.2, 0.25) is 0 Å². The minimum Gasteiger partial charge on any atom is -0.483 e. The van der Waals surface area contributed by atoms with Gasteiger partial charge in [0.25, 0.3) is 5.91 Å². The number of hydrazone groups is 1. The van der Waals surface area contributed by atoms with Crippen molar-refractivity contribution in [2.45, 2.75) is 33.1 Å². The Morgan fingerprint density at radius 1 is 1.24 bits per heavy atom. The maximum absolute atomic E-state index is 12.0. The van der Waals surface area contributed by atoms with E-state index in [9.17, 15) is 4.79 Å². The van der Waals surface area contributed by atoms with Crippen molar-refractivity contribution in [3.63, 3.8) is 0 Å². The van der Waals surface area contributed by atoms with E-state index < -0.39 is 0 Å². The summed E-state index contributed by atoms with van der Waals surface area (Å²) in [6, 6.07) is 15.1. The SMILES string of the molecule is CCC(C)c1ccccc1OCC(=O)N/N=C(\C)c1cccc(N)c1. The van der Waals surface area contributed by atoms with E-state index in [0.717, 1.165) is 23.3 Å². The van der Waals surface area contributed by atoms with Gasteiger partial charge in [0, 0.05) is 5.69 Å². The standard InChI is InChI=1S/C20H25N3O2/c1-4-14(2)18-10-5-6-11-19(18)25-13-20(24)23-22-15(3)16-8-7-9-17(21)12-16/h5-12,14H,4,13,21H2,1-3H3,(H,23,24)/b22-15+. The first-order chi connectivity index (χ1) is 12.0. The molecule has 5 nitrogen and oxygen atoms in total. The first-order valence-electron chi connectivity index (χ1n) is 8.42. The van der Waals surface area contributed by atoms with Gasteiger partial charge in [0.15, 0.2) is 6.61 Å². The zero-order valence-electron chi connectivity index (χ0n) is 15.0. The summed E-state index contributed by atoms with van der Waals surface area (Å²) in [5, 5.41) is 4.10. The van der Waals surface area contributed by atoms with Crippen LogP contribution in [0.15, 0.2) is 53.6 Å². The Kier molecular flexibility index (Phi) is 6.57. The van der Waals surface area contributed by atoms with E-state index in [1.54, 1.807) is 6.07 Å². The number of carbonyl (C=O) groups excluding carboxylic acids is 1.